The first kappa shape index (κ1) is 11.7. The van der Waals surface area contributed by atoms with Gasteiger partial charge in [0.2, 0.25) is 0 Å². The minimum absolute atomic E-state index is 0. The zero-order chi connectivity index (χ0) is 5.70. The van der Waals surface area contributed by atoms with Crippen molar-refractivity contribution in [3.8, 4) is 0 Å². The lowest BCUT2D eigenvalue weighted by Crippen LogP contribution is -2.03. The maximum absolute atomic E-state index is 8.47. The summed E-state index contributed by atoms with van der Waals surface area (Å²) in [5.74, 6) is 0.672. The van der Waals surface area contributed by atoms with Crippen molar-refractivity contribution in [3.63, 3.8) is 0 Å². The van der Waals surface area contributed by atoms with Gasteiger partial charge in [-0.2, -0.15) is 0 Å². The van der Waals surface area contributed by atoms with E-state index in [4.69, 9.17) is 10.3 Å². The van der Waals surface area contributed by atoms with Crippen molar-refractivity contribution < 1.29 is 4.55 Å². The van der Waals surface area contributed by atoms with Crippen molar-refractivity contribution in [2.24, 2.45) is 5.73 Å². The van der Waals surface area contributed by atoms with Crippen molar-refractivity contribution in [2.45, 2.75) is 6.42 Å². The average Bonchev–Trinajstić information content (AvgIpc) is 1.61. The van der Waals surface area contributed by atoms with Crippen LogP contribution in [0.3, 0.4) is 0 Å². The number of halogens is 1. The molecule has 0 aliphatic rings. The van der Waals surface area contributed by atoms with Gasteiger partial charge in [-0.05, 0) is 24.2 Å². The van der Waals surface area contributed by atoms with Crippen LogP contribution in [-0.4, -0.2) is 16.9 Å². The van der Waals surface area contributed by atoms with Crippen LogP contribution in [0.15, 0.2) is 0 Å². The summed E-state index contributed by atoms with van der Waals surface area (Å²) in [6, 6.07) is 0. The third kappa shape index (κ3) is 10.1. The first-order valence-corrected chi connectivity index (χ1v) is 4.32. The highest BCUT2D eigenvalue weighted by atomic mass is 79.9. The number of rotatable bonds is 3. The minimum Gasteiger partial charge on any atom is -0.330 e. The molecule has 3 N–H and O–H groups in total. The predicted molar refractivity (Wildman–Crippen MR) is 46.2 cm³/mol. The zero-order valence-electron chi connectivity index (χ0n) is 4.37. The molecule has 0 spiro atoms. The van der Waals surface area contributed by atoms with Gasteiger partial charge in [-0.25, -0.2) is 0 Å². The van der Waals surface area contributed by atoms with E-state index in [-0.39, 0.29) is 17.0 Å². The summed E-state index contributed by atoms with van der Waals surface area (Å²) in [4.78, 5) is 0. The second kappa shape index (κ2) is 7.97. The summed E-state index contributed by atoms with van der Waals surface area (Å²) in [7, 11) is -0.812. The van der Waals surface area contributed by atoms with Crippen molar-refractivity contribution >= 4 is 37.9 Å². The van der Waals surface area contributed by atoms with E-state index in [0.29, 0.717) is 12.3 Å². The van der Waals surface area contributed by atoms with Crippen molar-refractivity contribution in [3.05, 3.63) is 0 Å². The molecule has 0 saturated carbocycles. The molecule has 0 aliphatic heterocycles. The van der Waals surface area contributed by atoms with E-state index in [0.717, 1.165) is 6.42 Å². The molecule has 1 unspecified atom stereocenters. The predicted octanol–water partition coefficient (Wildman–Crippen LogP) is 0.466. The average molecular weight is 220 g/mol. The van der Waals surface area contributed by atoms with Crippen LogP contribution in [0.25, 0.3) is 0 Å². The van der Waals surface area contributed by atoms with Crippen LogP contribution < -0.4 is 5.73 Å². The van der Waals surface area contributed by atoms with Gasteiger partial charge in [0.05, 0.1) is 0 Å². The van der Waals surface area contributed by atoms with Gasteiger partial charge in [-0.1, -0.05) is 0 Å². The smallest absolute Gasteiger partial charge is 0.0235 e. The maximum atomic E-state index is 8.47. The summed E-state index contributed by atoms with van der Waals surface area (Å²) < 4.78 is 8.47. The van der Waals surface area contributed by atoms with Crippen LogP contribution in [0.1, 0.15) is 6.42 Å². The van der Waals surface area contributed by atoms with Gasteiger partial charge in [0, 0.05) is 15.5 Å². The van der Waals surface area contributed by atoms with Gasteiger partial charge in [-0.3, -0.25) is 0 Å². The molecule has 0 aliphatic carbocycles. The third-order valence-electron chi connectivity index (χ3n) is 0.523. The highest BCUT2D eigenvalue weighted by molar-refractivity contribution is 8.93. The molecule has 0 radical (unpaired) electrons. The van der Waals surface area contributed by atoms with Gasteiger partial charge in [0.15, 0.2) is 0 Å². The normalized spacial score (nSPS) is 12.2. The van der Waals surface area contributed by atoms with Gasteiger partial charge in [0.1, 0.15) is 0 Å². The fourth-order valence-electron chi connectivity index (χ4n) is 0.207. The number of hydrogen-bond acceptors (Lipinski definition) is 2. The molecule has 0 bridgehead atoms. The molecule has 0 rings (SSSR count). The Kier molecular flexibility index (Phi) is 11.7. The largest absolute Gasteiger partial charge is 0.330 e. The third-order valence-corrected chi connectivity index (χ3v) is 1.66. The van der Waals surface area contributed by atoms with Crippen LogP contribution in [-0.2, 0) is 20.9 Å². The SMILES string of the molecule is Br.NCCCS(O)=S. The highest BCUT2D eigenvalue weighted by Crippen LogP contribution is 1.78. The second-order valence-corrected chi connectivity index (χ2v) is 3.37. The van der Waals surface area contributed by atoms with Crippen LogP contribution in [0.5, 0.6) is 0 Å². The molecule has 0 aromatic carbocycles. The molecule has 0 amide bonds. The Morgan fingerprint density at radius 1 is 1.62 bits per heavy atom. The molecule has 1 atom stereocenters. The van der Waals surface area contributed by atoms with Gasteiger partial charge in [-0.15, -0.1) is 17.0 Å². The molecule has 8 heavy (non-hydrogen) atoms. The molecule has 52 valence electrons. The first-order chi connectivity index (χ1) is 3.27. The van der Waals surface area contributed by atoms with Gasteiger partial charge < -0.3 is 10.3 Å². The van der Waals surface area contributed by atoms with E-state index >= 15 is 0 Å². The van der Waals surface area contributed by atoms with Gasteiger partial charge >= 0.3 is 0 Å². The lowest BCUT2D eigenvalue weighted by Gasteiger charge is -1.90. The van der Waals surface area contributed by atoms with E-state index in [1.54, 1.807) is 0 Å². The second-order valence-electron chi connectivity index (χ2n) is 1.17. The van der Waals surface area contributed by atoms with Crippen molar-refractivity contribution in [2.75, 3.05) is 12.3 Å². The van der Waals surface area contributed by atoms with E-state index in [2.05, 4.69) is 11.2 Å². The van der Waals surface area contributed by atoms with Gasteiger partial charge in [0.25, 0.3) is 0 Å². The summed E-state index contributed by atoms with van der Waals surface area (Å²) in [5.41, 5.74) is 5.12. The number of nitrogens with two attached hydrogens (primary N) is 1. The molecular weight excluding hydrogens is 210 g/mol. The van der Waals surface area contributed by atoms with E-state index in [1.807, 2.05) is 0 Å². The van der Waals surface area contributed by atoms with Crippen LogP contribution >= 0.6 is 17.0 Å². The van der Waals surface area contributed by atoms with E-state index in [1.165, 1.54) is 0 Å². The molecule has 0 aromatic heterocycles. The Morgan fingerprint density at radius 3 is 2.25 bits per heavy atom. The fourth-order valence-corrected chi connectivity index (χ4v) is 0.974. The fraction of sp³-hybridized carbons (Fsp3) is 1.00. The quantitative estimate of drug-likeness (QED) is 0.726. The molecule has 0 saturated heterocycles. The Labute approximate surface area is 67.0 Å². The van der Waals surface area contributed by atoms with Crippen LogP contribution in [0, 0.1) is 0 Å². The highest BCUT2D eigenvalue weighted by Gasteiger charge is 1.83. The monoisotopic (exact) mass is 219 g/mol. The molecular formula is C3H10BrNOS2. The van der Waals surface area contributed by atoms with Crippen molar-refractivity contribution in [1.82, 2.24) is 0 Å². The van der Waals surface area contributed by atoms with Crippen LogP contribution in [0.2, 0.25) is 0 Å². The Hall–Kier alpha value is 0.970. The lowest BCUT2D eigenvalue weighted by atomic mass is 10.5. The van der Waals surface area contributed by atoms with Crippen molar-refractivity contribution in [1.29, 1.82) is 0 Å². The molecule has 0 aromatic rings. The number of hydrogen-bond donors (Lipinski definition) is 2. The Bertz CT molecular complexity index is 70.3. The zero-order valence-corrected chi connectivity index (χ0v) is 7.72. The molecule has 0 fully saturated rings. The van der Waals surface area contributed by atoms with E-state index in [9.17, 15) is 0 Å². The minimum atomic E-state index is -0.812. The first-order valence-electron chi connectivity index (χ1n) is 2.05. The molecule has 5 heteroatoms. The summed E-state index contributed by atoms with van der Waals surface area (Å²) in [6.45, 7) is 0.626. The molecule has 2 nitrogen and oxygen atoms in total. The maximum Gasteiger partial charge on any atom is 0.0235 e. The van der Waals surface area contributed by atoms with E-state index < -0.39 is 9.74 Å². The summed E-state index contributed by atoms with van der Waals surface area (Å²) >= 11 is 4.47. The summed E-state index contributed by atoms with van der Waals surface area (Å²) in [6.07, 6.45) is 0.836. The molecule has 0 heterocycles. The lowest BCUT2D eigenvalue weighted by molar-refractivity contribution is 0.653. The summed E-state index contributed by atoms with van der Waals surface area (Å²) in [5, 5.41) is 0. The standard InChI is InChI=1S/C3H9NOS2.BrH/c4-2-1-3-7(5)6;/h1-4H2,(H,5,6);1H. The topological polar surface area (TPSA) is 46.2 Å². The Morgan fingerprint density at radius 2 is 2.12 bits per heavy atom. The van der Waals surface area contributed by atoms with Crippen LogP contribution in [0.4, 0.5) is 0 Å². The Balaban J connectivity index is 0.